The molecule has 0 aliphatic carbocycles. The van der Waals surface area contributed by atoms with Crippen LogP contribution in [-0.2, 0) is 4.79 Å². The molecule has 0 saturated heterocycles. The Balaban J connectivity index is 2.56. The molecule has 1 rings (SSSR count). The lowest BCUT2D eigenvalue weighted by molar-refractivity contribution is -0.123. The maximum Gasteiger partial charge on any atom is 0.257 e. The second kappa shape index (κ2) is 7.97. The third-order valence-corrected chi connectivity index (χ3v) is 2.48. The van der Waals surface area contributed by atoms with Crippen LogP contribution in [0.5, 0.6) is 5.75 Å². The molecular formula is C13H19N3O3. The van der Waals surface area contributed by atoms with E-state index in [1.54, 1.807) is 24.3 Å². The minimum atomic E-state index is -0.192. The van der Waals surface area contributed by atoms with Crippen LogP contribution in [0.2, 0.25) is 0 Å². The number of nitrogens with one attached hydrogen (secondary N) is 1. The number of ether oxygens (including phenoxy) is 1. The molecule has 1 aromatic rings. The van der Waals surface area contributed by atoms with Gasteiger partial charge in [-0.15, -0.1) is 0 Å². The molecule has 0 aliphatic heterocycles. The second-order valence-electron chi connectivity index (χ2n) is 3.97. The SMILES string of the molecule is CCCCNC(=O)COc1ccccc1/C(N)=N/O. The maximum atomic E-state index is 11.5. The number of para-hydroxylation sites is 1. The molecule has 6 nitrogen and oxygen atoms in total. The van der Waals surface area contributed by atoms with Gasteiger partial charge in [0, 0.05) is 6.54 Å². The van der Waals surface area contributed by atoms with Gasteiger partial charge in [0.1, 0.15) is 5.75 Å². The molecule has 1 amide bonds. The highest BCUT2D eigenvalue weighted by molar-refractivity contribution is 5.99. The highest BCUT2D eigenvalue weighted by atomic mass is 16.5. The fourth-order valence-corrected chi connectivity index (χ4v) is 1.46. The number of nitrogens with zero attached hydrogens (tertiary/aromatic N) is 1. The second-order valence-corrected chi connectivity index (χ2v) is 3.97. The van der Waals surface area contributed by atoms with Gasteiger partial charge < -0.3 is 21.0 Å². The number of carbonyl (C=O) groups excluding carboxylic acids is 1. The number of oxime groups is 1. The van der Waals surface area contributed by atoms with Crippen molar-refractivity contribution in [3.8, 4) is 5.75 Å². The Hall–Kier alpha value is -2.24. The molecule has 0 bridgehead atoms. The van der Waals surface area contributed by atoms with Gasteiger partial charge in [-0.2, -0.15) is 0 Å². The highest BCUT2D eigenvalue weighted by Gasteiger charge is 2.09. The van der Waals surface area contributed by atoms with Gasteiger partial charge in [-0.1, -0.05) is 30.6 Å². The Labute approximate surface area is 112 Å². The molecule has 1 aromatic carbocycles. The highest BCUT2D eigenvalue weighted by Crippen LogP contribution is 2.17. The first-order valence-electron chi connectivity index (χ1n) is 6.15. The van der Waals surface area contributed by atoms with Gasteiger partial charge >= 0.3 is 0 Å². The fraction of sp³-hybridized carbons (Fsp3) is 0.385. The third kappa shape index (κ3) is 4.87. The quantitative estimate of drug-likeness (QED) is 0.226. The van der Waals surface area contributed by atoms with E-state index in [0.29, 0.717) is 17.9 Å². The van der Waals surface area contributed by atoms with E-state index in [1.165, 1.54) is 0 Å². The van der Waals surface area contributed by atoms with Crippen LogP contribution in [0.3, 0.4) is 0 Å². The summed E-state index contributed by atoms with van der Waals surface area (Å²) in [6, 6.07) is 6.80. The van der Waals surface area contributed by atoms with Gasteiger partial charge in [-0.25, -0.2) is 0 Å². The normalized spacial score (nSPS) is 11.1. The average Bonchev–Trinajstić information content (AvgIpc) is 2.45. The van der Waals surface area contributed by atoms with Crippen molar-refractivity contribution in [2.24, 2.45) is 10.9 Å². The molecule has 0 heterocycles. The summed E-state index contributed by atoms with van der Waals surface area (Å²) in [5.41, 5.74) is 5.97. The molecule has 19 heavy (non-hydrogen) atoms. The van der Waals surface area contributed by atoms with E-state index in [1.807, 2.05) is 0 Å². The first kappa shape index (κ1) is 14.8. The zero-order valence-corrected chi connectivity index (χ0v) is 10.9. The Kier molecular flexibility index (Phi) is 6.21. The standard InChI is InChI=1S/C13H19N3O3/c1-2-3-8-15-12(17)9-19-11-7-5-4-6-10(11)13(14)16-18/h4-7,18H,2-3,8-9H2,1H3,(H2,14,16)(H,15,17). The van der Waals surface area contributed by atoms with Crippen LogP contribution in [0.25, 0.3) is 0 Å². The average molecular weight is 265 g/mol. The van der Waals surface area contributed by atoms with Crippen LogP contribution >= 0.6 is 0 Å². The van der Waals surface area contributed by atoms with Gasteiger partial charge in [0.2, 0.25) is 0 Å². The first-order valence-corrected chi connectivity index (χ1v) is 6.15. The predicted octanol–water partition coefficient (Wildman–Crippen LogP) is 1.08. The molecule has 0 fully saturated rings. The summed E-state index contributed by atoms with van der Waals surface area (Å²) in [6.45, 7) is 2.59. The molecule has 6 heteroatoms. The zero-order valence-electron chi connectivity index (χ0n) is 10.9. The number of amides is 1. The smallest absolute Gasteiger partial charge is 0.257 e. The molecule has 0 aliphatic rings. The van der Waals surface area contributed by atoms with Crippen LogP contribution in [0.15, 0.2) is 29.4 Å². The largest absolute Gasteiger partial charge is 0.483 e. The molecule has 0 aromatic heterocycles. The van der Waals surface area contributed by atoms with Crippen LogP contribution in [0.4, 0.5) is 0 Å². The number of hydrogen-bond acceptors (Lipinski definition) is 4. The lowest BCUT2D eigenvalue weighted by Gasteiger charge is -2.10. The van der Waals surface area contributed by atoms with Gasteiger partial charge in [0.05, 0.1) is 5.56 Å². The Bertz CT molecular complexity index is 447. The van der Waals surface area contributed by atoms with E-state index < -0.39 is 0 Å². The molecule has 0 saturated carbocycles. The first-order chi connectivity index (χ1) is 9.19. The fourth-order valence-electron chi connectivity index (χ4n) is 1.46. The minimum Gasteiger partial charge on any atom is -0.483 e. The van der Waals surface area contributed by atoms with E-state index in [4.69, 9.17) is 15.7 Å². The maximum absolute atomic E-state index is 11.5. The van der Waals surface area contributed by atoms with Crippen molar-refractivity contribution >= 4 is 11.7 Å². The van der Waals surface area contributed by atoms with E-state index in [0.717, 1.165) is 12.8 Å². The summed E-state index contributed by atoms with van der Waals surface area (Å²) in [7, 11) is 0. The van der Waals surface area contributed by atoms with Crippen molar-refractivity contribution in [2.75, 3.05) is 13.2 Å². The summed E-state index contributed by atoms with van der Waals surface area (Å²) >= 11 is 0. The van der Waals surface area contributed by atoms with Crippen molar-refractivity contribution in [1.82, 2.24) is 5.32 Å². The van der Waals surface area contributed by atoms with Gasteiger partial charge in [0.25, 0.3) is 5.91 Å². The van der Waals surface area contributed by atoms with Crippen LogP contribution in [0.1, 0.15) is 25.3 Å². The Morgan fingerprint density at radius 2 is 2.21 bits per heavy atom. The van der Waals surface area contributed by atoms with E-state index in [9.17, 15) is 4.79 Å². The number of benzene rings is 1. The number of nitrogens with two attached hydrogens (primary N) is 1. The molecular weight excluding hydrogens is 246 g/mol. The molecule has 0 unspecified atom stereocenters. The van der Waals surface area contributed by atoms with Crippen molar-refractivity contribution in [3.63, 3.8) is 0 Å². The van der Waals surface area contributed by atoms with Crippen LogP contribution in [0, 0.1) is 0 Å². The van der Waals surface area contributed by atoms with Crippen molar-refractivity contribution < 1.29 is 14.7 Å². The van der Waals surface area contributed by atoms with Gasteiger partial charge in [-0.05, 0) is 18.6 Å². The minimum absolute atomic E-state index is 0.0537. The topological polar surface area (TPSA) is 96.9 Å². The summed E-state index contributed by atoms with van der Waals surface area (Å²) in [6.07, 6.45) is 1.96. The molecule has 0 radical (unpaired) electrons. The molecule has 104 valence electrons. The van der Waals surface area contributed by atoms with E-state index in [-0.39, 0.29) is 18.3 Å². The number of hydrogen-bond donors (Lipinski definition) is 3. The predicted molar refractivity (Wildman–Crippen MR) is 72.4 cm³/mol. The molecule has 0 spiro atoms. The number of amidine groups is 1. The summed E-state index contributed by atoms with van der Waals surface area (Å²) in [5, 5.41) is 14.3. The lowest BCUT2D eigenvalue weighted by atomic mass is 10.2. The summed E-state index contributed by atoms with van der Waals surface area (Å²) in [4.78, 5) is 11.5. The Morgan fingerprint density at radius 1 is 1.47 bits per heavy atom. The monoisotopic (exact) mass is 265 g/mol. The molecule has 4 N–H and O–H groups in total. The number of carbonyl (C=O) groups is 1. The third-order valence-electron chi connectivity index (χ3n) is 2.48. The van der Waals surface area contributed by atoms with Crippen LogP contribution in [-0.4, -0.2) is 30.1 Å². The number of rotatable bonds is 7. The Morgan fingerprint density at radius 3 is 2.89 bits per heavy atom. The van der Waals surface area contributed by atoms with Crippen molar-refractivity contribution in [2.45, 2.75) is 19.8 Å². The van der Waals surface area contributed by atoms with E-state index >= 15 is 0 Å². The molecule has 0 atom stereocenters. The number of unbranched alkanes of at least 4 members (excludes halogenated alkanes) is 1. The van der Waals surface area contributed by atoms with Crippen molar-refractivity contribution in [3.05, 3.63) is 29.8 Å². The van der Waals surface area contributed by atoms with Gasteiger partial charge in [0.15, 0.2) is 12.4 Å². The van der Waals surface area contributed by atoms with E-state index in [2.05, 4.69) is 17.4 Å². The van der Waals surface area contributed by atoms with Crippen molar-refractivity contribution in [1.29, 1.82) is 0 Å². The van der Waals surface area contributed by atoms with Gasteiger partial charge in [-0.3, -0.25) is 4.79 Å². The summed E-state index contributed by atoms with van der Waals surface area (Å²) < 4.78 is 5.37. The van der Waals surface area contributed by atoms with Crippen LogP contribution < -0.4 is 15.8 Å². The lowest BCUT2D eigenvalue weighted by Crippen LogP contribution is -2.30. The summed E-state index contributed by atoms with van der Waals surface area (Å²) in [5.74, 6) is 0.160. The zero-order chi connectivity index (χ0) is 14.1.